The van der Waals surface area contributed by atoms with Gasteiger partial charge in [0.15, 0.2) is 0 Å². The van der Waals surface area contributed by atoms with E-state index in [1.165, 1.54) is 14.2 Å². The summed E-state index contributed by atoms with van der Waals surface area (Å²) in [6.07, 6.45) is 0.395. The molecule has 0 aromatic heterocycles. The van der Waals surface area contributed by atoms with E-state index < -0.39 is 11.9 Å². The summed E-state index contributed by atoms with van der Waals surface area (Å²) in [6.45, 7) is 1.79. The molecular formula is C14H16O4. The Hall–Kier alpha value is -2.10. The number of carbonyl (C=O) groups excluding carboxylic acids is 2. The van der Waals surface area contributed by atoms with Gasteiger partial charge in [0, 0.05) is 0 Å². The molecule has 0 N–H and O–H groups in total. The van der Waals surface area contributed by atoms with E-state index in [0.29, 0.717) is 17.6 Å². The van der Waals surface area contributed by atoms with Crippen LogP contribution in [0.25, 0.3) is 5.57 Å². The van der Waals surface area contributed by atoms with Gasteiger partial charge in [0.1, 0.15) is 0 Å². The van der Waals surface area contributed by atoms with Crippen molar-refractivity contribution < 1.29 is 19.1 Å². The fourth-order valence-corrected chi connectivity index (χ4v) is 1.67. The van der Waals surface area contributed by atoms with Gasteiger partial charge in [0.2, 0.25) is 0 Å². The second-order valence-electron chi connectivity index (χ2n) is 3.56. The molecule has 0 fully saturated rings. The van der Waals surface area contributed by atoms with Crippen LogP contribution in [0.2, 0.25) is 0 Å². The molecule has 0 atom stereocenters. The lowest BCUT2D eigenvalue weighted by molar-refractivity contribution is -0.137. The standard InChI is InChI=1S/C14H16O4/c1-4-11(13(15)17-2)12(14(16)18-3)10-8-6-5-7-9-10/h5-9H,4H2,1-3H3/b12-11-. The maximum atomic E-state index is 11.8. The quantitative estimate of drug-likeness (QED) is 0.605. The van der Waals surface area contributed by atoms with Crippen molar-refractivity contribution >= 4 is 17.5 Å². The molecule has 0 aliphatic carbocycles. The summed E-state index contributed by atoms with van der Waals surface area (Å²) in [7, 11) is 2.58. The maximum absolute atomic E-state index is 11.8. The van der Waals surface area contributed by atoms with Crippen LogP contribution in [-0.2, 0) is 19.1 Å². The third kappa shape index (κ3) is 2.97. The van der Waals surface area contributed by atoms with Crippen LogP contribution in [-0.4, -0.2) is 26.2 Å². The minimum absolute atomic E-state index is 0.257. The number of methoxy groups -OCH3 is 2. The SMILES string of the molecule is CC/C(C(=O)OC)=C(/C(=O)OC)c1ccccc1. The Morgan fingerprint density at radius 1 is 1.00 bits per heavy atom. The topological polar surface area (TPSA) is 52.6 Å². The van der Waals surface area contributed by atoms with E-state index in [1.807, 2.05) is 6.07 Å². The van der Waals surface area contributed by atoms with Gasteiger partial charge in [-0.15, -0.1) is 0 Å². The minimum atomic E-state index is -0.538. The van der Waals surface area contributed by atoms with E-state index in [4.69, 9.17) is 9.47 Å². The van der Waals surface area contributed by atoms with Crippen molar-refractivity contribution in [2.75, 3.05) is 14.2 Å². The molecule has 1 aromatic carbocycles. The van der Waals surface area contributed by atoms with Crippen molar-refractivity contribution in [3.8, 4) is 0 Å². The average Bonchev–Trinajstić information content (AvgIpc) is 2.43. The lowest BCUT2D eigenvalue weighted by Gasteiger charge is -2.11. The monoisotopic (exact) mass is 248 g/mol. The van der Waals surface area contributed by atoms with E-state index >= 15 is 0 Å². The molecule has 0 unspecified atom stereocenters. The Balaban J connectivity index is 3.41. The Morgan fingerprint density at radius 2 is 1.56 bits per heavy atom. The Kier molecular flexibility index (Phi) is 5.11. The molecule has 0 saturated carbocycles. The first-order chi connectivity index (χ1) is 8.65. The van der Waals surface area contributed by atoms with Crippen LogP contribution in [0, 0.1) is 0 Å². The van der Waals surface area contributed by atoms with Crippen LogP contribution >= 0.6 is 0 Å². The summed E-state index contributed by atoms with van der Waals surface area (Å²) < 4.78 is 9.44. The number of hydrogen-bond acceptors (Lipinski definition) is 4. The van der Waals surface area contributed by atoms with E-state index in [1.54, 1.807) is 31.2 Å². The van der Waals surface area contributed by atoms with Gasteiger partial charge in [0.25, 0.3) is 0 Å². The molecule has 0 heterocycles. The third-order valence-corrected chi connectivity index (χ3v) is 2.54. The summed E-state index contributed by atoms with van der Waals surface area (Å²) >= 11 is 0. The average molecular weight is 248 g/mol. The lowest BCUT2D eigenvalue weighted by Crippen LogP contribution is -2.13. The molecule has 18 heavy (non-hydrogen) atoms. The third-order valence-electron chi connectivity index (χ3n) is 2.54. The summed E-state index contributed by atoms with van der Waals surface area (Å²) in [5.74, 6) is -1.05. The largest absolute Gasteiger partial charge is 0.466 e. The summed E-state index contributed by atoms with van der Waals surface area (Å²) in [4.78, 5) is 23.5. The highest BCUT2D eigenvalue weighted by atomic mass is 16.5. The number of esters is 2. The predicted molar refractivity (Wildman–Crippen MR) is 67.7 cm³/mol. The number of hydrogen-bond donors (Lipinski definition) is 0. The molecule has 1 aromatic rings. The van der Waals surface area contributed by atoms with E-state index in [2.05, 4.69) is 0 Å². The van der Waals surface area contributed by atoms with Gasteiger partial charge in [-0.2, -0.15) is 0 Å². The number of rotatable bonds is 4. The predicted octanol–water partition coefficient (Wildman–Crippen LogP) is 2.20. The van der Waals surface area contributed by atoms with Crippen molar-refractivity contribution in [1.29, 1.82) is 0 Å². The van der Waals surface area contributed by atoms with Gasteiger partial charge < -0.3 is 9.47 Å². The van der Waals surface area contributed by atoms with Crippen LogP contribution < -0.4 is 0 Å². The Morgan fingerprint density at radius 3 is 2.00 bits per heavy atom. The highest BCUT2D eigenvalue weighted by Gasteiger charge is 2.22. The van der Waals surface area contributed by atoms with Gasteiger partial charge in [-0.1, -0.05) is 37.3 Å². The van der Waals surface area contributed by atoms with Crippen molar-refractivity contribution in [2.24, 2.45) is 0 Å². The van der Waals surface area contributed by atoms with E-state index in [9.17, 15) is 9.59 Å². The van der Waals surface area contributed by atoms with Crippen molar-refractivity contribution in [3.05, 3.63) is 41.5 Å². The van der Waals surface area contributed by atoms with Crippen LogP contribution in [0.4, 0.5) is 0 Å². The van der Waals surface area contributed by atoms with Crippen molar-refractivity contribution in [3.63, 3.8) is 0 Å². The van der Waals surface area contributed by atoms with E-state index in [0.717, 1.165) is 0 Å². The fraction of sp³-hybridized carbons (Fsp3) is 0.286. The smallest absolute Gasteiger partial charge is 0.339 e. The molecule has 0 saturated heterocycles. The zero-order valence-corrected chi connectivity index (χ0v) is 10.7. The minimum Gasteiger partial charge on any atom is -0.466 e. The molecule has 0 radical (unpaired) electrons. The first-order valence-corrected chi connectivity index (χ1v) is 5.60. The van der Waals surface area contributed by atoms with Gasteiger partial charge >= 0.3 is 11.9 Å². The lowest BCUT2D eigenvalue weighted by atomic mass is 9.98. The Labute approximate surface area is 106 Å². The van der Waals surface area contributed by atoms with Gasteiger partial charge in [-0.3, -0.25) is 0 Å². The highest BCUT2D eigenvalue weighted by Crippen LogP contribution is 2.23. The summed E-state index contributed by atoms with van der Waals surface area (Å²) in [5, 5.41) is 0. The highest BCUT2D eigenvalue weighted by molar-refractivity contribution is 6.22. The molecule has 0 bridgehead atoms. The molecule has 4 heteroatoms. The van der Waals surface area contributed by atoms with Gasteiger partial charge in [-0.25, -0.2) is 9.59 Å². The second kappa shape index (κ2) is 6.59. The van der Waals surface area contributed by atoms with Gasteiger partial charge in [-0.05, 0) is 12.0 Å². The molecule has 0 spiro atoms. The van der Waals surface area contributed by atoms with Crippen LogP contribution in [0.5, 0.6) is 0 Å². The summed E-state index contributed by atoms with van der Waals surface area (Å²) in [5.41, 5.74) is 1.22. The molecule has 0 amide bonds. The molecular weight excluding hydrogens is 232 g/mol. The first-order valence-electron chi connectivity index (χ1n) is 5.60. The van der Waals surface area contributed by atoms with Crippen molar-refractivity contribution in [2.45, 2.75) is 13.3 Å². The first kappa shape index (κ1) is 14.0. The summed E-state index contributed by atoms with van der Waals surface area (Å²) in [6, 6.07) is 8.93. The molecule has 1 rings (SSSR count). The molecule has 0 aliphatic heterocycles. The normalized spacial score (nSPS) is 11.5. The van der Waals surface area contributed by atoms with Gasteiger partial charge in [0.05, 0.1) is 25.4 Å². The van der Waals surface area contributed by atoms with E-state index in [-0.39, 0.29) is 5.57 Å². The molecule has 96 valence electrons. The number of ether oxygens (including phenoxy) is 2. The van der Waals surface area contributed by atoms with Crippen LogP contribution in [0.15, 0.2) is 35.9 Å². The number of benzene rings is 1. The zero-order valence-electron chi connectivity index (χ0n) is 10.7. The fourth-order valence-electron chi connectivity index (χ4n) is 1.67. The van der Waals surface area contributed by atoms with Crippen molar-refractivity contribution in [1.82, 2.24) is 0 Å². The molecule has 4 nitrogen and oxygen atoms in total. The maximum Gasteiger partial charge on any atom is 0.339 e. The van der Waals surface area contributed by atoms with Crippen LogP contribution in [0.1, 0.15) is 18.9 Å². The molecule has 0 aliphatic rings. The van der Waals surface area contributed by atoms with Crippen LogP contribution in [0.3, 0.4) is 0 Å². The zero-order chi connectivity index (χ0) is 13.5. The Bertz CT molecular complexity index is 460. The number of carbonyl (C=O) groups is 2. The second-order valence-corrected chi connectivity index (χ2v) is 3.56.